The van der Waals surface area contributed by atoms with Gasteiger partial charge in [-0.05, 0) is 73.2 Å². The van der Waals surface area contributed by atoms with E-state index in [0.29, 0.717) is 50.4 Å². The Morgan fingerprint density at radius 1 is 0.522 bits per heavy atom. The number of halogens is 6. The van der Waals surface area contributed by atoms with Gasteiger partial charge in [0.05, 0.1) is 51.8 Å². The summed E-state index contributed by atoms with van der Waals surface area (Å²) >= 11 is 0. The fourth-order valence-corrected chi connectivity index (χ4v) is 4.88. The maximum atomic E-state index is 14.1. The van der Waals surface area contributed by atoms with Gasteiger partial charge in [0, 0.05) is 12.8 Å². The van der Waals surface area contributed by atoms with Gasteiger partial charge < -0.3 is 28.4 Å². The second-order valence-electron chi connectivity index (χ2n) is 11.2. The van der Waals surface area contributed by atoms with Crippen LogP contribution in [0, 0.1) is 0 Å². The molecule has 2 fully saturated rings. The van der Waals surface area contributed by atoms with E-state index in [1.165, 1.54) is 0 Å². The van der Waals surface area contributed by atoms with Crippen LogP contribution in [0.4, 0.5) is 26.3 Å². The van der Waals surface area contributed by atoms with E-state index in [4.69, 9.17) is 28.4 Å². The molecule has 2 aliphatic rings. The SMILES string of the molecule is FC(F)(F)c1c(OCCCc2ccc(OCCC3CO3)cc2)ccc(OCCCc2ccc(OCCC3CO3)cc2)c1C(F)(F)F. The zero-order valence-corrected chi connectivity index (χ0v) is 25.1. The van der Waals surface area contributed by atoms with Crippen molar-refractivity contribution in [3.63, 3.8) is 0 Å². The third-order valence-corrected chi connectivity index (χ3v) is 7.50. The van der Waals surface area contributed by atoms with Crippen LogP contribution in [0.25, 0.3) is 0 Å². The summed E-state index contributed by atoms with van der Waals surface area (Å²) in [6, 6.07) is 16.3. The Bertz CT molecular complexity index is 1280. The molecule has 2 saturated heterocycles. The number of hydrogen-bond acceptors (Lipinski definition) is 6. The molecule has 2 atom stereocenters. The van der Waals surface area contributed by atoms with Gasteiger partial charge in [0.2, 0.25) is 0 Å². The van der Waals surface area contributed by atoms with Gasteiger partial charge in [-0.15, -0.1) is 0 Å². The molecular weight excluding hydrogens is 618 g/mol. The average Bonchev–Trinajstić information content (AvgIpc) is 3.95. The lowest BCUT2D eigenvalue weighted by Gasteiger charge is -2.22. The van der Waals surface area contributed by atoms with E-state index in [2.05, 4.69) is 0 Å². The van der Waals surface area contributed by atoms with Crippen LogP contribution in [0.2, 0.25) is 0 Å². The maximum Gasteiger partial charge on any atom is 0.420 e. The molecule has 0 aliphatic carbocycles. The van der Waals surface area contributed by atoms with Crippen LogP contribution in [0.1, 0.15) is 47.9 Å². The third kappa shape index (κ3) is 10.4. The number of alkyl halides is 6. The number of ether oxygens (including phenoxy) is 6. The lowest BCUT2D eigenvalue weighted by Crippen LogP contribution is -2.20. The first kappa shape index (κ1) is 33.7. The number of epoxide rings is 2. The predicted octanol–water partition coefficient (Wildman–Crippen LogP) is 8.08. The second kappa shape index (κ2) is 15.3. The first-order valence-electron chi connectivity index (χ1n) is 15.3. The average molecular weight is 655 g/mol. The lowest BCUT2D eigenvalue weighted by atomic mass is 10.0. The minimum absolute atomic E-state index is 0.209. The van der Waals surface area contributed by atoms with Crippen LogP contribution in [0.3, 0.4) is 0 Å². The van der Waals surface area contributed by atoms with Gasteiger partial charge >= 0.3 is 12.4 Å². The standard InChI is InChI=1S/C34H36F6O6/c35-33(36,37)31-29(43-17-1-3-23-5-9-25(10-6-23)41-19-15-27-21-45-27)13-14-30(32(31)34(38,39)40)44-18-2-4-24-7-11-26(12-8-24)42-20-16-28-22-46-28/h5-14,27-28H,1-4,15-22H2. The van der Waals surface area contributed by atoms with Crippen molar-refractivity contribution in [2.45, 2.75) is 63.1 Å². The van der Waals surface area contributed by atoms with E-state index < -0.39 is 35.0 Å². The van der Waals surface area contributed by atoms with Gasteiger partial charge in [-0.1, -0.05) is 24.3 Å². The highest BCUT2D eigenvalue weighted by molar-refractivity contribution is 5.52. The number of benzene rings is 3. The molecule has 6 nitrogen and oxygen atoms in total. The Hall–Kier alpha value is -3.64. The van der Waals surface area contributed by atoms with Gasteiger partial charge in [-0.3, -0.25) is 0 Å². The summed E-state index contributed by atoms with van der Waals surface area (Å²) in [6.45, 7) is 2.16. The highest BCUT2D eigenvalue weighted by Gasteiger charge is 2.48. The lowest BCUT2D eigenvalue weighted by molar-refractivity contribution is -0.164. The Labute approximate surface area is 263 Å². The van der Waals surface area contributed by atoms with Gasteiger partial charge in [-0.2, -0.15) is 26.3 Å². The van der Waals surface area contributed by atoms with E-state index in [-0.39, 0.29) is 25.4 Å². The van der Waals surface area contributed by atoms with Crippen molar-refractivity contribution in [1.82, 2.24) is 0 Å². The fourth-order valence-electron chi connectivity index (χ4n) is 4.88. The molecule has 0 amide bonds. The van der Waals surface area contributed by atoms with Crippen molar-refractivity contribution in [1.29, 1.82) is 0 Å². The summed E-state index contributed by atoms with van der Waals surface area (Å²) in [5.74, 6) is -0.398. The summed E-state index contributed by atoms with van der Waals surface area (Å²) in [5, 5.41) is 0. The molecule has 0 N–H and O–H groups in total. The smallest absolute Gasteiger partial charge is 0.420 e. The van der Waals surface area contributed by atoms with E-state index >= 15 is 0 Å². The number of rotatable bonds is 18. The van der Waals surface area contributed by atoms with Crippen LogP contribution >= 0.6 is 0 Å². The first-order valence-corrected chi connectivity index (χ1v) is 15.3. The molecule has 250 valence electrons. The molecular formula is C34H36F6O6. The summed E-state index contributed by atoms with van der Waals surface area (Å²) in [7, 11) is 0. The predicted molar refractivity (Wildman–Crippen MR) is 157 cm³/mol. The molecule has 0 saturated carbocycles. The molecule has 2 aliphatic heterocycles. The van der Waals surface area contributed by atoms with Gasteiger partial charge in [0.1, 0.15) is 34.1 Å². The third-order valence-electron chi connectivity index (χ3n) is 7.50. The Kier molecular flexibility index (Phi) is 11.2. The first-order chi connectivity index (χ1) is 22.1. The van der Waals surface area contributed by atoms with Crippen LogP contribution in [-0.4, -0.2) is 51.8 Å². The zero-order valence-electron chi connectivity index (χ0n) is 25.1. The normalized spacial score (nSPS) is 17.4. The van der Waals surface area contributed by atoms with E-state index in [9.17, 15) is 26.3 Å². The van der Waals surface area contributed by atoms with Crippen LogP contribution in [0.5, 0.6) is 23.0 Å². The molecule has 0 aromatic heterocycles. The molecule has 2 unspecified atom stereocenters. The largest absolute Gasteiger partial charge is 0.493 e. The maximum absolute atomic E-state index is 14.1. The monoisotopic (exact) mass is 654 g/mol. The molecule has 12 heteroatoms. The van der Waals surface area contributed by atoms with Crippen molar-refractivity contribution in [2.75, 3.05) is 39.6 Å². The van der Waals surface area contributed by atoms with Crippen molar-refractivity contribution in [3.8, 4) is 23.0 Å². The summed E-state index contributed by atoms with van der Waals surface area (Å²) in [6.07, 6.45) is -6.99. The Morgan fingerprint density at radius 2 is 0.891 bits per heavy atom. The molecule has 0 radical (unpaired) electrons. The Morgan fingerprint density at radius 3 is 1.22 bits per heavy atom. The van der Waals surface area contributed by atoms with Gasteiger partial charge in [0.25, 0.3) is 0 Å². The molecule has 3 aromatic carbocycles. The van der Waals surface area contributed by atoms with Gasteiger partial charge in [-0.25, -0.2) is 0 Å². The quantitative estimate of drug-likeness (QED) is 0.0786. The number of aryl methyl sites for hydroxylation is 2. The van der Waals surface area contributed by atoms with Crippen LogP contribution in [-0.2, 0) is 34.7 Å². The Balaban J connectivity index is 1.13. The second-order valence-corrected chi connectivity index (χ2v) is 11.2. The molecule has 0 bridgehead atoms. The minimum atomic E-state index is -5.32. The van der Waals surface area contributed by atoms with Crippen molar-refractivity contribution < 1.29 is 54.8 Å². The molecule has 0 spiro atoms. The van der Waals surface area contributed by atoms with Crippen molar-refractivity contribution in [2.24, 2.45) is 0 Å². The molecule has 46 heavy (non-hydrogen) atoms. The molecule has 3 aromatic rings. The van der Waals surface area contributed by atoms with Gasteiger partial charge in [0.15, 0.2) is 0 Å². The van der Waals surface area contributed by atoms with Crippen molar-refractivity contribution >= 4 is 0 Å². The van der Waals surface area contributed by atoms with Crippen LogP contribution < -0.4 is 18.9 Å². The highest BCUT2D eigenvalue weighted by atomic mass is 19.4. The topological polar surface area (TPSA) is 62.0 Å². The summed E-state index contributed by atoms with van der Waals surface area (Å²) in [4.78, 5) is 0. The number of hydrogen-bond donors (Lipinski definition) is 0. The minimum Gasteiger partial charge on any atom is -0.493 e. The fraction of sp³-hybridized carbons (Fsp3) is 0.471. The summed E-state index contributed by atoms with van der Waals surface area (Å²) in [5.41, 5.74) is -2.00. The molecule has 5 rings (SSSR count). The zero-order chi connectivity index (χ0) is 32.6. The molecule has 2 heterocycles. The van der Waals surface area contributed by atoms with Crippen molar-refractivity contribution in [3.05, 3.63) is 82.9 Å². The summed E-state index contributed by atoms with van der Waals surface area (Å²) < 4.78 is 116. The van der Waals surface area contributed by atoms with E-state index in [0.717, 1.165) is 49.3 Å². The van der Waals surface area contributed by atoms with Crippen LogP contribution in [0.15, 0.2) is 60.7 Å². The highest BCUT2D eigenvalue weighted by Crippen LogP contribution is 2.49. The van der Waals surface area contributed by atoms with E-state index in [1.54, 1.807) is 24.3 Å². The van der Waals surface area contributed by atoms with E-state index in [1.807, 2.05) is 24.3 Å².